The molecule has 4 aromatic rings. The van der Waals surface area contributed by atoms with E-state index in [1.807, 2.05) is 60.7 Å². The first-order valence-electron chi connectivity index (χ1n) is 8.62. The van der Waals surface area contributed by atoms with Crippen LogP contribution in [0.15, 0.2) is 109 Å². The van der Waals surface area contributed by atoms with Gasteiger partial charge in [0.2, 0.25) is 0 Å². The summed E-state index contributed by atoms with van der Waals surface area (Å²) in [5.74, 6) is 0.373. The molecule has 0 amide bonds. The lowest BCUT2D eigenvalue weighted by molar-refractivity contribution is 0.482. The molecule has 0 bridgehead atoms. The summed E-state index contributed by atoms with van der Waals surface area (Å²) in [6.45, 7) is 0. The summed E-state index contributed by atoms with van der Waals surface area (Å²) in [7, 11) is -0.823. The van der Waals surface area contributed by atoms with Crippen molar-refractivity contribution in [3.63, 3.8) is 0 Å². The molecule has 0 fully saturated rings. The molecule has 0 atom stereocenters. The highest BCUT2D eigenvalue weighted by Gasteiger charge is 2.21. The number of para-hydroxylation sites is 1. The van der Waals surface area contributed by atoms with E-state index in [0.717, 1.165) is 16.4 Å². The summed E-state index contributed by atoms with van der Waals surface area (Å²) in [4.78, 5) is 0. The van der Waals surface area contributed by atoms with Crippen LogP contribution in [0.25, 0.3) is 11.1 Å². The van der Waals surface area contributed by atoms with Crippen LogP contribution in [0, 0.1) is 0 Å². The molecule has 126 valence electrons. The zero-order chi connectivity index (χ0) is 17.8. The van der Waals surface area contributed by atoms with Crippen LogP contribution < -0.4 is 15.9 Å². The van der Waals surface area contributed by atoms with Crippen molar-refractivity contribution in [2.24, 2.45) is 0 Å². The molecular weight excluding hydrogens is 335 g/mol. The van der Waals surface area contributed by atoms with Gasteiger partial charge in [0.1, 0.15) is 5.75 Å². The van der Waals surface area contributed by atoms with Crippen molar-refractivity contribution in [3.8, 4) is 16.9 Å². The minimum Gasteiger partial charge on any atom is -0.507 e. The molecule has 0 aliphatic carbocycles. The molecule has 0 spiro atoms. The average molecular weight is 354 g/mol. The van der Waals surface area contributed by atoms with Gasteiger partial charge in [0.25, 0.3) is 0 Å². The van der Waals surface area contributed by atoms with Crippen molar-refractivity contribution < 1.29 is 5.11 Å². The first-order valence-corrected chi connectivity index (χ1v) is 9.96. The molecule has 0 saturated carbocycles. The number of aromatic hydroxyl groups is 1. The monoisotopic (exact) mass is 354 g/mol. The summed E-state index contributed by atoms with van der Waals surface area (Å²) in [5, 5.41) is 14.6. The maximum atomic E-state index is 11.2. The van der Waals surface area contributed by atoms with E-state index < -0.39 is 7.92 Å². The predicted octanol–water partition coefficient (Wildman–Crippen LogP) is 4.82. The zero-order valence-corrected chi connectivity index (χ0v) is 15.2. The fourth-order valence-corrected chi connectivity index (χ4v) is 5.51. The highest BCUT2D eigenvalue weighted by molar-refractivity contribution is 7.80. The number of phenolic OH excluding ortho intramolecular Hbond substituents is 1. The van der Waals surface area contributed by atoms with E-state index in [1.165, 1.54) is 10.6 Å². The molecule has 0 aliphatic rings. The van der Waals surface area contributed by atoms with Crippen LogP contribution in [0.3, 0.4) is 0 Å². The normalized spacial score (nSPS) is 10.8. The number of phenols is 1. The Balaban J connectivity index is 1.90. The van der Waals surface area contributed by atoms with Crippen molar-refractivity contribution in [1.82, 2.24) is 0 Å². The van der Waals surface area contributed by atoms with E-state index in [0.29, 0.717) is 5.75 Å². The minimum atomic E-state index is -0.823. The molecule has 4 aromatic carbocycles. The molecule has 0 aliphatic heterocycles. The number of hydrogen-bond donors (Lipinski definition) is 1. The largest absolute Gasteiger partial charge is 0.507 e. The van der Waals surface area contributed by atoms with E-state index in [2.05, 4.69) is 48.5 Å². The van der Waals surface area contributed by atoms with Crippen molar-refractivity contribution in [3.05, 3.63) is 109 Å². The van der Waals surface area contributed by atoms with Crippen LogP contribution >= 0.6 is 7.92 Å². The molecule has 4 rings (SSSR count). The molecule has 0 radical (unpaired) electrons. The van der Waals surface area contributed by atoms with Gasteiger partial charge in [-0.3, -0.25) is 0 Å². The predicted molar refractivity (Wildman–Crippen MR) is 112 cm³/mol. The second kappa shape index (κ2) is 7.56. The molecule has 2 heteroatoms. The quantitative estimate of drug-likeness (QED) is 0.521. The molecule has 0 heterocycles. The third-order valence-electron chi connectivity index (χ3n) is 4.37. The molecule has 26 heavy (non-hydrogen) atoms. The van der Waals surface area contributed by atoms with Crippen LogP contribution in [0.4, 0.5) is 0 Å². The number of benzene rings is 4. The third-order valence-corrected chi connectivity index (χ3v) is 6.84. The lowest BCUT2D eigenvalue weighted by Gasteiger charge is -2.21. The summed E-state index contributed by atoms with van der Waals surface area (Å²) in [6.07, 6.45) is 0. The summed E-state index contributed by atoms with van der Waals surface area (Å²) < 4.78 is 0. The zero-order valence-electron chi connectivity index (χ0n) is 14.3. The first kappa shape index (κ1) is 16.6. The Morgan fingerprint density at radius 1 is 0.500 bits per heavy atom. The molecule has 0 saturated heterocycles. The molecule has 1 nitrogen and oxygen atoms in total. The van der Waals surface area contributed by atoms with Gasteiger partial charge in [-0.25, -0.2) is 0 Å². The Hall–Kier alpha value is -2.89. The van der Waals surface area contributed by atoms with Gasteiger partial charge >= 0.3 is 0 Å². The van der Waals surface area contributed by atoms with Gasteiger partial charge in [0.15, 0.2) is 0 Å². The van der Waals surface area contributed by atoms with Crippen molar-refractivity contribution in [2.45, 2.75) is 0 Å². The standard InChI is InChI=1S/C24H19OP/c25-24-22(19-11-4-1-5-12-19)17-10-18-23(24)26(20-13-6-2-7-14-20)21-15-8-3-9-16-21/h1-18,25H. The van der Waals surface area contributed by atoms with Crippen molar-refractivity contribution in [1.29, 1.82) is 0 Å². The Morgan fingerprint density at radius 3 is 1.54 bits per heavy atom. The minimum absolute atomic E-state index is 0.373. The summed E-state index contributed by atoms with van der Waals surface area (Å²) in [5.41, 5.74) is 1.91. The van der Waals surface area contributed by atoms with E-state index >= 15 is 0 Å². The van der Waals surface area contributed by atoms with Gasteiger partial charge in [0, 0.05) is 10.9 Å². The molecular formula is C24H19OP. The topological polar surface area (TPSA) is 20.2 Å². The van der Waals surface area contributed by atoms with Crippen LogP contribution in [-0.2, 0) is 0 Å². The van der Waals surface area contributed by atoms with E-state index in [1.54, 1.807) is 0 Å². The molecule has 1 N–H and O–H groups in total. The van der Waals surface area contributed by atoms with E-state index in [9.17, 15) is 5.11 Å². The Morgan fingerprint density at radius 2 is 1.00 bits per heavy atom. The van der Waals surface area contributed by atoms with Crippen molar-refractivity contribution in [2.75, 3.05) is 0 Å². The van der Waals surface area contributed by atoms with Crippen LogP contribution in [0.2, 0.25) is 0 Å². The first-order chi connectivity index (χ1) is 12.8. The molecule has 0 aromatic heterocycles. The maximum absolute atomic E-state index is 11.2. The van der Waals surface area contributed by atoms with E-state index in [-0.39, 0.29) is 0 Å². The summed E-state index contributed by atoms with van der Waals surface area (Å²) >= 11 is 0. The Labute approximate surface area is 155 Å². The number of hydrogen-bond acceptors (Lipinski definition) is 1. The van der Waals surface area contributed by atoms with Gasteiger partial charge in [-0.05, 0) is 24.1 Å². The lowest BCUT2D eigenvalue weighted by Crippen LogP contribution is -2.21. The average Bonchev–Trinajstić information content (AvgIpc) is 2.72. The SMILES string of the molecule is Oc1c(-c2ccccc2)cccc1P(c1ccccc1)c1ccccc1. The highest BCUT2D eigenvalue weighted by atomic mass is 31.1. The van der Waals surface area contributed by atoms with Crippen molar-refractivity contribution >= 4 is 23.8 Å². The van der Waals surface area contributed by atoms with Gasteiger partial charge in [0.05, 0.1) is 0 Å². The summed E-state index contributed by atoms with van der Waals surface area (Å²) in [6, 6.07) is 37.0. The Kier molecular flexibility index (Phi) is 4.82. The van der Waals surface area contributed by atoms with Crippen LogP contribution in [0.1, 0.15) is 0 Å². The molecule has 0 unspecified atom stereocenters. The maximum Gasteiger partial charge on any atom is 0.131 e. The van der Waals surface area contributed by atoms with Crippen LogP contribution in [0.5, 0.6) is 5.75 Å². The van der Waals surface area contributed by atoms with E-state index in [4.69, 9.17) is 0 Å². The van der Waals surface area contributed by atoms with Gasteiger partial charge in [-0.2, -0.15) is 0 Å². The second-order valence-electron chi connectivity index (χ2n) is 6.05. The smallest absolute Gasteiger partial charge is 0.131 e. The lowest BCUT2D eigenvalue weighted by atomic mass is 10.1. The van der Waals surface area contributed by atoms with Crippen LogP contribution in [-0.4, -0.2) is 5.11 Å². The third kappa shape index (κ3) is 3.27. The van der Waals surface area contributed by atoms with Gasteiger partial charge in [-0.15, -0.1) is 0 Å². The van der Waals surface area contributed by atoms with Gasteiger partial charge in [-0.1, -0.05) is 109 Å². The van der Waals surface area contributed by atoms with Gasteiger partial charge < -0.3 is 5.11 Å². The Bertz CT molecular complexity index is 943. The fourth-order valence-electron chi connectivity index (χ4n) is 3.14. The second-order valence-corrected chi connectivity index (χ2v) is 8.23. The fraction of sp³-hybridized carbons (Fsp3) is 0. The highest BCUT2D eigenvalue weighted by Crippen LogP contribution is 2.39. The number of rotatable bonds is 4.